The van der Waals surface area contributed by atoms with Crippen LogP contribution < -0.4 is 0 Å². The van der Waals surface area contributed by atoms with Gasteiger partial charge < -0.3 is 19.7 Å². The molecule has 0 amide bonds. The van der Waals surface area contributed by atoms with E-state index in [1.807, 2.05) is 0 Å². The van der Waals surface area contributed by atoms with E-state index in [2.05, 4.69) is 9.47 Å². The van der Waals surface area contributed by atoms with Gasteiger partial charge in [-0.1, -0.05) is 0 Å². The summed E-state index contributed by atoms with van der Waals surface area (Å²) in [6, 6.07) is 0. The summed E-state index contributed by atoms with van der Waals surface area (Å²) in [6.07, 6.45) is -4.25. The Hall–Kier alpha value is -0.610. The largest absolute Gasteiger partial charge is 0.419 e. The number of ether oxygens (including phenoxy) is 2. The predicted octanol–water partition coefficient (Wildman–Crippen LogP) is -0.828. The van der Waals surface area contributed by atoms with E-state index in [9.17, 15) is 17.2 Å². The van der Waals surface area contributed by atoms with E-state index in [1.165, 1.54) is 0 Å². The van der Waals surface area contributed by atoms with Gasteiger partial charge in [0.1, 0.15) is 0 Å². The van der Waals surface area contributed by atoms with Crippen molar-refractivity contribution >= 4 is 15.3 Å². The van der Waals surface area contributed by atoms with Gasteiger partial charge in [0.05, 0.1) is 26.4 Å². The highest BCUT2D eigenvalue weighted by Gasteiger charge is 2.38. The normalized spacial score (nSPS) is 11.5. The molecule has 0 radical (unpaired) electrons. The Balaban J connectivity index is 4.01. The maximum atomic E-state index is 12.6. The molecule has 0 aliphatic carbocycles. The van der Waals surface area contributed by atoms with Crippen LogP contribution in [0.4, 0.5) is 8.78 Å². The molecular formula is C6H10F2O6S. The van der Waals surface area contributed by atoms with Crippen molar-refractivity contribution in [3.8, 4) is 0 Å². The first kappa shape index (κ1) is 14.4. The lowest BCUT2D eigenvalue weighted by Gasteiger charge is -2.13. The Morgan fingerprint density at radius 3 is 2.33 bits per heavy atom. The fourth-order valence-electron chi connectivity index (χ4n) is 0.554. The molecule has 0 rings (SSSR count). The van der Waals surface area contributed by atoms with Crippen molar-refractivity contribution < 1.29 is 36.9 Å². The van der Waals surface area contributed by atoms with Gasteiger partial charge in [0.15, 0.2) is 0 Å². The third-order valence-electron chi connectivity index (χ3n) is 1.15. The van der Waals surface area contributed by atoms with Gasteiger partial charge >= 0.3 is 6.11 Å². The number of hydrogen-bond acceptors (Lipinski definition) is 5. The Morgan fingerprint density at radius 1 is 1.27 bits per heavy atom. The second kappa shape index (κ2) is 6.80. The minimum Gasteiger partial charge on any atom is -0.394 e. The van der Waals surface area contributed by atoms with E-state index in [0.717, 1.165) is 0 Å². The Labute approximate surface area is 85.6 Å². The van der Waals surface area contributed by atoms with Gasteiger partial charge in [-0.2, -0.15) is 17.2 Å². The number of aliphatic hydroxyl groups is 2. The van der Waals surface area contributed by atoms with Crippen LogP contribution in [0.2, 0.25) is 0 Å². The molecule has 0 bridgehead atoms. The third-order valence-corrected chi connectivity index (χ3v) is 1.71. The van der Waals surface area contributed by atoms with Gasteiger partial charge in [0.25, 0.3) is 5.05 Å². The Morgan fingerprint density at radius 2 is 1.87 bits per heavy atom. The molecule has 0 aliphatic heterocycles. The molecule has 90 valence electrons. The van der Waals surface area contributed by atoms with Crippen molar-refractivity contribution in [2.45, 2.75) is 6.11 Å². The zero-order valence-electron chi connectivity index (χ0n) is 7.52. The molecular weight excluding hydrogens is 238 g/mol. The summed E-state index contributed by atoms with van der Waals surface area (Å²) >= 11 is 0. The van der Waals surface area contributed by atoms with E-state index in [1.54, 1.807) is 0 Å². The van der Waals surface area contributed by atoms with Crippen molar-refractivity contribution in [2.24, 2.45) is 0 Å². The first-order valence-corrected chi connectivity index (χ1v) is 4.85. The molecule has 0 spiro atoms. The van der Waals surface area contributed by atoms with Crippen LogP contribution >= 0.6 is 0 Å². The molecule has 0 unspecified atom stereocenters. The molecule has 2 N–H and O–H groups in total. The molecule has 0 aliphatic rings. The second-order valence-corrected chi connectivity index (χ2v) is 3.10. The van der Waals surface area contributed by atoms with E-state index < -0.39 is 28.1 Å². The van der Waals surface area contributed by atoms with Gasteiger partial charge in [0, 0.05) is 0 Å². The SMILES string of the molecule is O=S(=O)=C(O)C(F)(F)OCCOCCO. The molecule has 0 heterocycles. The van der Waals surface area contributed by atoms with Crippen LogP contribution in [0.25, 0.3) is 0 Å². The second-order valence-electron chi connectivity index (χ2n) is 2.24. The van der Waals surface area contributed by atoms with Gasteiger partial charge in [-0.05, 0) is 0 Å². The van der Waals surface area contributed by atoms with Crippen LogP contribution in [-0.2, 0) is 19.8 Å². The first-order valence-electron chi connectivity index (χ1n) is 3.78. The average molecular weight is 248 g/mol. The Bertz CT molecular complexity index is 304. The quantitative estimate of drug-likeness (QED) is 0.451. The van der Waals surface area contributed by atoms with Crippen molar-refractivity contribution in [1.82, 2.24) is 0 Å². The lowest BCUT2D eigenvalue weighted by molar-refractivity contribution is -0.196. The maximum Gasteiger partial charge on any atom is 0.419 e. The molecule has 0 fully saturated rings. The van der Waals surface area contributed by atoms with Crippen LogP contribution in [-0.4, -0.2) is 56.2 Å². The minimum absolute atomic E-state index is 0.0435. The highest BCUT2D eigenvalue weighted by molar-refractivity contribution is 7.72. The van der Waals surface area contributed by atoms with Gasteiger partial charge in [-0.3, -0.25) is 0 Å². The van der Waals surface area contributed by atoms with Gasteiger partial charge in [-0.15, -0.1) is 0 Å². The zero-order chi connectivity index (χ0) is 11.9. The van der Waals surface area contributed by atoms with Crippen LogP contribution in [0.5, 0.6) is 0 Å². The first-order chi connectivity index (χ1) is 6.91. The third kappa shape index (κ3) is 5.74. The predicted molar refractivity (Wildman–Crippen MR) is 45.4 cm³/mol. The molecule has 0 aromatic rings. The van der Waals surface area contributed by atoms with Crippen LogP contribution in [0, 0.1) is 0 Å². The highest BCUT2D eigenvalue weighted by Crippen LogP contribution is 2.15. The number of rotatable bonds is 7. The fourth-order valence-corrected chi connectivity index (χ4v) is 0.807. The summed E-state index contributed by atoms with van der Waals surface area (Å²) < 4.78 is 53.4. The summed E-state index contributed by atoms with van der Waals surface area (Å²) in [5.41, 5.74) is 0. The Kier molecular flexibility index (Phi) is 6.52. The molecule has 6 nitrogen and oxygen atoms in total. The minimum atomic E-state index is -4.25. The molecule has 9 heteroatoms. The zero-order valence-corrected chi connectivity index (χ0v) is 8.34. The summed E-state index contributed by atoms with van der Waals surface area (Å²) in [5, 5.41) is 14.6. The number of halogens is 2. The van der Waals surface area contributed by atoms with Crippen molar-refractivity contribution in [1.29, 1.82) is 0 Å². The number of alkyl halides is 2. The summed E-state index contributed by atoms with van der Waals surface area (Å²) in [6.45, 7) is -1.18. The highest BCUT2D eigenvalue weighted by atomic mass is 32.2. The smallest absolute Gasteiger partial charge is 0.394 e. The van der Waals surface area contributed by atoms with E-state index in [-0.39, 0.29) is 19.8 Å². The monoisotopic (exact) mass is 248 g/mol. The maximum absolute atomic E-state index is 12.6. The van der Waals surface area contributed by atoms with Gasteiger partial charge in [0.2, 0.25) is 10.3 Å². The van der Waals surface area contributed by atoms with Crippen LogP contribution in [0.3, 0.4) is 0 Å². The summed E-state index contributed by atoms with van der Waals surface area (Å²) in [5.74, 6) is 0. The van der Waals surface area contributed by atoms with Gasteiger partial charge in [-0.25, -0.2) is 0 Å². The fraction of sp³-hybridized carbons (Fsp3) is 0.833. The van der Waals surface area contributed by atoms with Crippen LogP contribution in [0.1, 0.15) is 0 Å². The summed E-state index contributed by atoms with van der Waals surface area (Å²) in [4.78, 5) is 0. The average Bonchev–Trinajstić information content (AvgIpc) is 2.16. The molecule has 0 saturated heterocycles. The number of aliphatic hydroxyl groups excluding tert-OH is 2. The van der Waals surface area contributed by atoms with Crippen LogP contribution in [0.15, 0.2) is 0 Å². The lowest BCUT2D eigenvalue weighted by Crippen LogP contribution is -2.33. The van der Waals surface area contributed by atoms with Crippen molar-refractivity contribution in [3.63, 3.8) is 0 Å². The standard InChI is InChI=1S/C6H10F2O6S/c7-6(8,5(10)15(11)12)14-4-3-13-2-1-9/h9-10H,1-4H2. The molecule has 15 heavy (non-hydrogen) atoms. The van der Waals surface area contributed by atoms with E-state index in [0.29, 0.717) is 0 Å². The van der Waals surface area contributed by atoms with E-state index >= 15 is 0 Å². The topological polar surface area (TPSA) is 93.1 Å². The number of hydrogen-bond donors (Lipinski definition) is 2. The molecule has 0 atom stereocenters. The molecule has 0 aromatic carbocycles. The molecule has 0 aromatic heterocycles. The lowest BCUT2D eigenvalue weighted by atomic mass is 10.6. The summed E-state index contributed by atoms with van der Waals surface area (Å²) in [7, 11) is -3.42. The van der Waals surface area contributed by atoms with Crippen molar-refractivity contribution in [3.05, 3.63) is 0 Å². The van der Waals surface area contributed by atoms with E-state index in [4.69, 9.17) is 10.2 Å². The van der Waals surface area contributed by atoms with Crippen molar-refractivity contribution in [2.75, 3.05) is 26.4 Å². The molecule has 0 saturated carbocycles.